The summed E-state index contributed by atoms with van der Waals surface area (Å²) < 4.78 is 0. The Morgan fingerprint density at radius 1 is 0.917 bits per heavy atom. The second-order valence-corrected chi connectivity index (χ2v) is 2.86. The van der Waals surface area contributed by atoms with E-state index >= 15 is 0 Å². The zero-order valence-electron chi connectivity index (χ0n) is 6.22. The Hall–Kier alpha value is -1.77. The molecule has 2 aromatic heterocycles. The van der Waals surface area contributed by atoms with Crippen LogP contribution in [0.25, 0.3) is 11.4 Å². The fourth-order valence-corrected chi connectivity index (χ4v) is 1.68. The summed E-state index contributed by atoms with van der Waals surface area (Å²) in [6, 6.07) is 3.62. The van der Waals surface area contributed by atoms with Crippen molar-refractivity contribution in [1.82, 2.24) is 9.97 Å². The summed E-state index contributed by atoms with van der Waals surface area (Å²) >= 11 is 0. The molecule has 58 valence electrons. The minimum Gasteiger partial charge on any atom is -0.359 e. The molecule has 0 saturated heterocycles. The lowest BCUT2D eigenvalue weighted by molar-refractivity contribution is 0.104. The molecule has 0 fully saturated rings. The van der Waals surface area contributed by atoms with Gasteiger partial charge in [0.05, 0.1) is 11.4 Å². The Kier molecular flexibility index (Phi) is 0.821. The summed E-state index contributed by atoms with van der Waals surface area (Å²) in [5, 5.41) is 0. The van der Waals surface area contributed by atoms with Crippen molar-refractivity contribution in [3.05, 3.63) is 35.7 Å². The van der Waals surface area contributed by atoms with Crippen molar-refractivity contribution in [2.24, 2.45) is 0 Å². The minimum absolute atomic E-state index is 0.113. The summed E-state index contributed by atoms with van der Waals surface area (Å²) in [6.45, 7) is 0. The van der Waals surface area contributed by atoms with Crippen molar-refractivity contribution in [1.29, 1.82) is 0 Å². The highest BCUT2D eigenvalue weighted by molar-refractivity contribution is 6.20. The number of carbonyl (C=O) groups is 1. The van der Waals surface area contributed by atoms with Crippen LogP contribution < -0.4 is 0 Å². The SMILES string of the molecule is O=C1c2cc[nH]c2-c2[nH]ccc21. The third kappa shape index (κ3) is 0.471. The maximum Gasteiger partial charge on any atom is 0.197 e. The molecule has 0 saturated carbocycles. The van der Waals surface area contributed by atoms with E-state index in [-0.39, 0.29) is 5.78 Å². The number of ketones is 1. The molecule has 2 heterocycles. The molecule has 0 amide bonds. The van der Waals surface area contributed by atoms with Gasteiger partial charge >= 0.3 is 0 Å². The normalized spacial score (nSPS) is 13.2. The Labute approximate surface area is 68.4 Å². The highest BCUT2D eigenvalue weighted by Crippen LogP contribution is 2.33. The molecule has 0 bridgehead atoms. The first-order chi connectivity index (χ1) is 5.88. The zero-order chi connectivity index (χ0) is 8.13. The van der Waals surface area contributed by atoms with Crippen LogP contribution in [-0.2, 0) is 0 Å². The average molecular weight is 158 g/mol. The molecule has 3 heteroatoms. The molecule has 0 radical (unpaired) electrons. The van der Waals surface area contributed by atoms with Crippen molar-refractivity contribution in [3.8, 4) is 11.4 Å². The van der Waals surface area contributed by atoms with Gasteiger partial charge in [0.15, 0.2) is 5.78 Å². The van der Waals surface area contributed by atoms with Crippen molar-refractivity contribution >= 4 is 5.78 Å². The highest BCUT2D eigenvalue weighted by Gasteiger charge is 2.28. The van der Waals surface area contributed by atoms with Gasteiger partial charge in [-0.2, -0.15) is 0 Å². The summed E-state index contributed by atoms with van der Waals surface area (Å²) in [4.78, 5) is 17.6. The number of fused-ring (bicyclic) bond motifs is 3. The fraction of sp³-hybridized carbons (Fsp3) is 0. The number of rotatable bonds is 0. The molecule has 0 unspecified atom stereocenters. The molecule has 0 spiro atoms. The standard InChI is InChI=1S/C9H6N2O/c12-9-5-1-3-10-7(5)8-6(9)2-4-11-8/h1-4,10-11H. The van der Waals surface area contributed by atoms with Crippen LogP contribution in [0.3, 0.4) is 0 Å². The van der Waals surface area contributed by atoms with Gasteiger partial charge in [0.1, 0.15) is 0 Å². The van der Waals surface area contributed by atoms with Gasteiger partial charge in [-0.05, 0) is 12.1 Å². The zero-order valence-corrected chi connectivity index (χ0v) is 6.22. The Bertz CT molecular complexity index is 422. The van der Waals surface area contributed by atoms with E-state index in [0.717, 1.165) is 22.5 Å². The summed E-state index contributed by atoms with van der Waals surface area (Å²) in [7, 11) is 0. The fourth-order valence-electron chi connectivity index (χ4n) is 1.68. The summed E-state index contributed by atoms with van der Waals surface area (Å²) in [5.74, 6) is 0.113. The molecule has 12 heavy (non-hydrogen) atoms. The lowest BCUT2D eigenvalue weighted by Gasteiger charge is -1.86. The van der Waals surface area contributed by atoms with Crippen LogP contribution in [0.2, 0.25) is 0 Å². The first-order valence-corrected chi connectivity index (χ1v) is 3.78. The molecule has 2 aromatic rings. The predicted molar refractivity (Wildman–Crippen MR) is 44.0 cm³/mol. The van der Waals surface area contributed by atoms with Crippen LogP contribution in [0.5, 0.6) is 0 Å². The molecule has 0 aromatic carbocycles. The molecule has 2 N–H and O–H groups in total. The molecule has 3 rings (SSSR count). The number of hydrogen-bond donors (Lipinski definition) is 2. The summed E-state index contributed by atoms with van der Waals surface area (Å²) in [6.07, 6.45) is 3.57. The number of hydrogen-bond acceptors (Lipinski definition) is 1. The number of nitrogens with one attached hydrogen (secondary N) is 2. The van der Waals surface area contributed by atoms with Crippen molar-refractivity contribution in [2.45, 2.75) is 0 Å². The van der Waals surface area contributed by atoms with E-state index in [1.807, 2.05) is 12.1 Å². The number of aromatic amines is 2. The molecule has 3 nitrogen and oxygen atoms in total. The molecule has 0 atom stereocenters. The Morgan fingerprint density at radius 2 is 1.42 bits per heavy atom. The number of carbonyl (C=O) groups excluding carboxylic acids is 1. The first kappa shape index (κ1) is 5.83. The van der Waals surface area contributed by atoms with Gasteiger partial charge < -0.3 is 9.97 Å². The van der Waals surface area contributed by atoms with E-state index in [0.29, 0.717) is 0 Å². The number of aromatic nitrogens is 2. The van der Waals surface area contributed by atoms with Gasteiger partial charge in [-0.25, -0.2) is 0 Å². The molecule has 1 aliphatic rings. The van der Waals surface area contributed by atoms with Gasteiger partial charge in [-0.15, -0.1) is 0 Å². The molecular weight excluding hydrogens is 152 g/mol. The average Bonchev–Trinajstić information content (AvgIpc) is 2.72. The van der Waals surface area contributed by atoms with Gasteiger partial charge in [0, 0.05) is 23.5 Å². The second-order valence-electron chi connectivity index (χ2n) is 2.86. The Morgan fingerprint density at radius 3 is 1.92 bits per heavy atom. The largest absolute Gasteiger partial charge is 0.359 e. The van der Waals surface area contributed by atoms with Crippen LogP contribution in [0.4, 0.5) is 0 Å². The predicted octanol–water partition coefficient (Wildman–Crippen LogP) is 1.55. The monoisotopic (exact) mass is 158 g/mol. The summed E-state index contributed by atoms with van der Waals surface area (Å²) in [5.41, 5.74) is 3.38. The van der Waals surface area contributed by atoms with Crippen molar-refractivity contribution in [3.63, 3.8) is 0 Å². The first-order valence-electron chi connectivity index (χ1n) is 3.78. The third-order valence-electron chi connectivity index (χ3n) is 2.23. The van der Waals surface area contributed by atoms with Crippen LogP contribution in [0.15, 0.2) is 24.5 Å². The highest BCUT2D eigenvalue weighted by atomic mass is 16.1. The molecular formula is C9H6N2O. The van der Waals surface area contributed by atoms with E-state index in [1.54, 1.807) is 12.4 Å². The van der Waals surface area contributed by atoms with E-state index in [9.17, 15) is 4.79 Å². The van der Waals surface area contributed by atoms with E-state index < -0.39 is 0 Å². The lowest BCUT2D eigenvalue weighted by atomic mass is 10.2. The Balaban J connectivity index is 2.47. The van der Waals surface area contributed by atoms with Crippen LogP contribution in [0.1, 0.15) is 15.9 Å². The maximum atomic E-state index is 11.6. The molecule has 0 aliphatic heterocycles. The van der Waals surface area contributed by atoms with Crippen molar-refractivity contribution < 1.29 is 4.79 Å². The van der Waals surface area contributed by atoms with Crippen LogP contribution in [-0.4, -0.2) is 15.8 Å². The van der Waals surface area contributed by atoms with Gasteiger partial charge in [0.25, 0.3) is 0 Å². The smallest absolute Gasteiger partial charge is 0.197 e. The van der Waals surface area contributed by atoms with Crippen LogP contribution in [0, 0.1) is 0 Å². The van der Waals surface area contributed by atoms with Gasteiger partial charge in [-0.1, -0.05) is 0 Å². The van der Waals surface area contributed by atoms with Crippen molar-refractivity contribution in [2.75, 3.05) is 0 Å². The van der Waals surface area contributed by atoms with Gasteiger partial charge in [0.2, 0.25) is 0 Å². The van der Waals surface area contributed by atoms with E-state index in [4.69, 9.17) is 0 Å². The van der Waals surface area contributed by atoms with Crippen LogP contribution >= 0.6 is 0 Å². The number of H-pyrrole nitrogens is 2. The quantitative estimate of drug-likeness (QED) is 0.512. The topological polar surface area (TPSA) is 48.6 Å². The second kappa shape index (κ2) is 1.69. The minimum atomic E-state index is 0.113. The van der Waals surface area contributed by atoms with Gasteiger partial charge in [-0.3, -0.25) is 4.79 Å². The van der Waals surface area contributed by atoms with E-state index in [2.05, 4.69) is 9.97 Å². The molecule has 1 aliphatic carbocycles. The third-order valence-corrected chi connectivity index (χ3v) is 2.23. The maximum absolute atomic E-state index is 11.6. The van der Waals surface area contributed by atoms with E-state index in [1.165, 1.54) is 0 Å². The lowest BCUT2D eigenvalue weighted by Crippen LogP contribution is -1.91.